The molecule has 0 unspecified atom stereocenters. The fourth-order valence-corrected chi connectivity index (χ4v) is 1.36. The van der Waals surface area contributed by atoms with Crippen LogP contribution >= 0.6 is 0 Å². The summed E-state index contributed by atoms with van der Waals surface area (Å²) in [4.78, 5) is 22.3. The number of hydrogen-bond acceptors (Lipinski definition) is 6. The maximum atomic E-state index is 11.2. The second-order valence-electron chi connectivity index (χ2n) is 3.55. The molecule has 6 nitrogen and oxygen atoms in total. The number of hydrogen-bond donors (Lipinski definition) is 0. The highest BCUT2D eigenvalue weighted by atomic mass is 16.7. The molecule has 20 heavy (non-hydrogen) atoms. The van der Waals surface area contributed by atoms with Crippen molar-refractivity contribution >= 4 is 18.2 Å². The van der Waals surface area contributed by atoms with Crippen LogP contribution in [0.1, 0.15) is 12.5 Å². The summed E-state index contributed by atoms with van der Waals surface area (Å²) in [6.07, 6.45) is 1.98. The Kier molecular flexibility index (Phi) is 6.09. The van der Waals surface area contributed by atoms with Crippen LogP contribution in [0.25, 0.3) is 6.08 Å². The maximum absolute atomic E-state index is 11.2. The van der Waals surface area contributed by atoms with E-state index < -0.39 is 12.1 Å². The van der Waals surface area contributed by atoms with Crippen molar-refractivity contribution in [3.63, 3.8) is 0 Å². The van der Waals surface area contributed by atoms with Crippen molar-refractivity contribution < 1.29 is 28.5 Å². The van der Waals surface area contributed by atoms with E-state index in [1.807, 2.05) is 0 Å². The van der Waals surface area contributed by atoms with Crippen molar-refractivity contribution in [2.24, 2.45) is 0 Å². The van der Waals surface area contributed by atoms with E-state index in [0.717, 1.165) is 0 Å². The van der Waals surface area contributed by atoms with Gasteiger partial charge in [-0.15, -0.1) is 0 Å². The van der Waals surface area contributed by atoms with Gasteiger partial charge in [0.1, 0.15) is 0 Å². The van der Waals surface area contributed by atoms with Crippen molar-refractivity contribution in [2.45, 2.75) is 6.92 Å². The number of carbonyl (C=O) groups is 2. The summed E-state index contributed by atoms with van der Waals surface area (Å²) in [5, 5.41) is 0. The molecule has 0 bridgehead atoms. The Hall–Kier alpha value is -2.50. The molecule has 0 saturated carbocycles. The monoisotopic (exact) mass is 280 g/mol. The molecule has 0 fully saturated rings. The first-order chi connectivity index (χ1) is 9.60. The zero-order valence-corrected chi connectivity index (χ0v) is 11.5. The van der Waals surface area contributed by atoms with E-state index in [0.29, 0.717) is 17.9 Å². The highest BCUT2D eigenvalue weighted by molar-refractivity contribution is 5.87. The van der Waals surface area contributed by atoms with Crippen molar-refractivity contribution in [1.29, 1.82) is 0 Å². The van der Waals surface area contributed by atoms with Gasteiger partial charge in [0.25, 0.3) is 0 Å². The number of carbonyl (C=O) groups excluding carboxylic acids is 2. The Bertz CT molecular complexity index is 506. The standard InChI is InChI=1S/C14H16O6/c1-4-19-13(15)8-6-10-5-7-11(17-2)12(9-10)20-14(16)18-3/h5-9H,4H2,1-3H3/b8-6+. The molecule has 0 atom stereocenters. The van der Waals surface area contributed by atoms with E-state index in [1.165, 1.54) is 20.3 Å². The summed E-state index contributed by atoms with van der Waals surface area (Å²) in [5.41, 5.74) is 0.651. The molecule has 0 heterocycles. The fourth-order valence-electron chi connectivity index (χ4n) is 1.36. The van der Waals surface area contributed by atoms with Crippen LogP contribution in [0, 0.1) is 0 Å². The summed E-state index contributed by atoms with van der Waals surface area (Å²) >= 11 is 0. The summed E-state index contributed by atoms with van der Waals surface area (Å²) in [5.74, 6) is 0.132. The molecule has 0 spiro atoms. The third-order valence-corrected chi connectivity index (χ3v) is 2.25. The van der Waals surface area contributed by atoms with Gasteiger partial charge in [-0.25, -0.2) is 9.59 Å². The lowest BCUT2D eigenvalue weighted by molar-refractivity contribution is -0.137. The Morgan fingerprint density at radius 2 is 1.95 bits per heavy atom. The Morgan fingerprint density at radius 3 is 2.55 bits per heavy atom. The minimum Gasteiger partial charge on any atom is -0.493 e. The van der Waals surface area contributed by atoms with Crippen LogP contribution in [0.3, 0.4) is 0 Å². The van der Waals surface area contributed by atoms with Crippen LogP contribution in [0.15, 0.2) is 24.3 Å². The average Bonchev–Trinajstić information content (AvgIpc) is 2.45. The predicted molar refractivity (Wildman–Crippen MR) is 71.7 cm³/mol. The van der Waals surface area contributed by atoms with Crippen LogP contribution in [0.2, 0.25) is 0 Å². The van der Waals surface area contributed by atoms with Crippen LogP contribution in [0.4, 0.5) is 4.79 Å². The number of rotatable bonds is 5. The van der Waals surface area contributed by atoms with E-state index in [1.54, 1.807) is 31.2 Å². The second-order valence-corrected chi connectivity index (χ2v) is 3.55. The third kappa shape index (κ3) is 4.64. The van der Waals surface area contributed by atoms with Gasteiger partial charge in [-0.1, -0.05) is 6.07 Å². The van der Waals surface area contributed by atoms with E-state index in [-0.39, 0.29) is 5.75 Å². The van der Waals surface area contributed by atoms with Crippen LogP contribution < -0.4 is 9.47 Å². The normalized spacial score (nSPS) is 10.2. The van der Waals surface area contributed by atoms with Gasteiger partial charge in [-0.05, 0) is 30.7 Å². The zero-order valence-electron chi connectivity index (χ0n) is 11.5. The number of methoxy groups -OCH3 is 2. The lowest BCUT2D eigenvalue weighted by atomic mass is 10.2. The zero-order chi connectivity index (χ0) is 15.0. The molecule has 0 aliphatic heterocycles. The highest BCUT2D eigenvalue weighted by Crippen LogP contribution is 2.28. The van der Waals surface area contributed by atoms with Crippen molar-refractivity contribution in [2.75, 3.05) is 20.8 Å². The number of benzene rings is 1. The second kappa shape index (κ2) is 7.83. The number of ether oxygens (including phenoxy) is 4. The summed E-state index contributed by atoms with van der Waals surface area (Å²) < 4.78 is 19.2. The van der Waals surface area contributed by atoms with Gasteiger partial charge in [0.2, 0.25) is 0 Å². The first-order valence-electron chi connectivity index (χ1n) is 5.89. The lowest BCUT2D eigenvalue weighted by Crippen LogP contribution is -2.08. The Labute approximate surface area is 116 Å². The average molecular weight is 280 g/mol. The van der Waals surface area contributed by atoms with Gasteiger partial charge in [0, 0.05) is 6.08 Å². The van der Waals surface area contributed by atoms with Gasteiger partial charge in [-0.3, -0.25) is 0 Å². The fraction of sp³-hybridized carbons (Fsp3) is 0.286. The molecule has 1 rings (SSSR count). The van der Waals surface area contributed by atoms with Crippen LogP contribution in [0.5, 0.6) is 11.5 Å². The van der Waals surface area contributed by atoms with Crippen molar-refractivity contribution in [3.05, 3.63) is 29.8 Å². The first-order valence-corrected chi connectivity index (χ1v) is 5.89. The highest BCUT2D eigenvalue weighted by Gasteiger charge is 2.10. The molecule has 0 saturated heterocycles. The SMILES string of the molecule is CCOC(=O)/C=C/c1ccc(OC)c(OC(=O)OC)c1. The Morgan fingerprint density at radius 1 is 1.20 bits per heavy atom. The molecule has 6 heteroatoms. The van der Waals surface area contributed by atoms with E-state index >= 15 is 0 Å². The summed E-state index contributed by atoms with van der Waals surface area (Å²) in [6.45, 7) is 2.03. The quantitative estimate of drug-likeness (QED) is 0.468. The predicted octanol–water partition coefficient (Wildman–Crippen LogP) is 2.42. The van der Waals surface area contributed by atoms with Crippen molar-refractivity contribution in [1.82, 2.24) is 0 Å². The largest absolute Gasteiger partial charge is 0.513 e. The van der Waals surface area contributed by atoms with Crippen LogP contribution in [-0.4, -0.2) is 33.0 Å². The number of esters is 1. The third-order valence-electron chi connectivity index (χ3n) is 2.25. The summed E-state index contributed by atoms with van der Waals surface area (Å²) in [6, 6.07) is 4.87. The molecule has 0 radical (unpaired) electrons. The maximum Gasteiger partial charge on any atom is 0.513 e. The topological polar surface area (TPSA) is 71.1 Å². The van der Waals surface area contributed by atoms with Crippen molar-refractivity contribution in [3.8, 4) is 11.5 Å². The molecule has 0 aliphatic rings. The van der Waals surface area contributed by atoms with E-state index in [2.05, 4.69) is 4.74 Å². The first kappa shape index (κ1) is 15.6. The van der Waals surface area contributed by atoms with Gasteiger partial charge in [-0.2, -0.15) is 0 Å². The lowest BCUT2D eigenvalue weighted by Gasteiger charge is -2.08. The van der Waals surface area contributed by atoms with E-state index in [4.69, 9.17) is 14.2 Å². The van der Waals surface area contributed by atoms with E-state index in [9.17, 15) is 9.59 Å². The minimum atomic E-state index is -0.852. The molecule has 0 N–H and O–H groups in total. The molecular weight excluding hydrogens is 264 g/mol. The Balaban J connectivity index is 2.91. The van der Waals surface area contributed by atoms with Crippen LogP contribution in [-0.2, 0) is 14.3 Å². The molecule has 108 valence electrons. The molecule has 0 amide bonds. The minimum absolute atomic E-state index is 0.199. The molecule has 0 aliphatic carbocycles. The van der Waals surface area contributed by atoms with Gasteiger partial charge >= 0.3 is 12.1 Å². The smallest absolute Gasteiger partial charge is 0.493 e. The molecule has 1 aromatic rings. The molecule has 1 aromatic carbocycles. The van der Waals surface area contributed by atoms with Gasteiger partial charge in [0.05, 0.1) is 20.8 Å². The molecule has 0 aromatic heterocycles. The van der Waals surface area contributed by atoms with Gasteiger partial charge < -0.3 is 18.9 Å². The van der Waals surface area contributed by atoms with Gasteiger partial charge in [0.15, 0.2) is 11.5 Å². The summed E-state index contributed by atoms with van der Waals surface area (Å²) in [7, 11) is 2.66. The molecular formula is C14H16O6.